The quantitative estimate of drug-likeness (QED) is 0.816. The van der Waals surface area contributed by atoms with Crippen molar-refractivity contribution in [3.05, 3.63) is 0 Å². The molecule has 0 aromatic heterocycles. The number of carbonyl (C=O) groups is 1. The summed E-state index contributed by atoms with van der Waals surface area (Å²) in [5.74, 6) is -2.19. The number of hydrogen-bond donors (Lipinski definition) is 1. The van der Waals surface area contributed by atoms with E-state index < -0.39 is 40.0 Å². The molecule has 0 aromatic carbocycles. The lowest BCUT2D eigenvalue weighted by Gasteiger charge is -2.36. The molecule has 1 aliphatic rings. The van der Waals surface area contributed by atoms with Crippen LogP contribution in [-0.4, -0.2) is 41.9 Å². The molecular formula is C8H12F3NO4S. The molecule has 0 aromatic rings. The fourth-order valence-electron chi connectivity index (χ4n) is 1.92. The van der Waals surface area contributed by atoms with Gasteiger partial charge in [0, 0.05) is 6.54 Å². The topological polar surface area (TPSA) is 74.7 Å². The minimum Gasteiger partial charge on any atom is -0.480 e. The van der Waals surface area contributed by atoms with Gasteiger partial charge in [0.2, 0.25) is 0 Å². The number of halogens is 3. The van der Waals surface area contributed by atoms with Crippen LogP contribution in [0.5, 0.6) is 0 Å². The lowest BCUT2D eigenvalue weighted by Crippen LogP contribution is -2.55. The van der Waals surface area contributed by atoms with Gasteiger partial charge in [0.1, 0.15) is 6.04 Å². The number of sulfonamides is 1. The van der Waals surface area contributed by atoms with Crippen molar-refractivity contribution in [2.24, 2.45) is 5.92 Å². The first-order valence-corrected chi connectivity index (χ1v) is 6.34. The molecule has 1 rings (SSSR count). The number of alkyl halides is 3. The maximum absolute atomic E-state index is 12.4. The second kappa shape index (κ2) is 4.45. The Hall–Kier alpha value is -0.830. The zero-order chi connectivity index (χ0) is 13.4. The molecule has 2 atom stereocenters. The summed E-state index contributed by atoms with van der Waals surface area (Å²) < 4.78 is 59.5. The third-order valence-corrected chi connectivity index (χ3v) is 4.35. The molecule has 0 radical (unpaired) electrons. The van der Waals surface area contributed by atoms with Crippen LogP contribution in [0.3, 0.4) is 0 Å². The summed E-state index contributed by atoms with van der Waals surface area (Å²) in [6.45, 7) is 1.01. The maximum Gasteiger partial charge on any atom is 0.511 e. The molecule has 0 aliphatic carbocycles. The fourth-order valence-corrected chi connectivity index (χ4v) is 3.15. The molecule has 100 valence electrons. The summed E-state index contributed by atoms with van der Waals surface area (Å²) in [6.07, 6.45) is 0.612. The number of hydrogen-bond acceptors (Lipinski definition) is 3. The first-order chi connectivity index (χ1) is 7.59. The van der Waals surface area contributed by atoms with E-state index in [1.165, 1.54) is 6.92 Å². The summed E-state index contributed by atoms with van der Waals surface area (Å²) in [5, 5.41) is 8.83. The van der Waals surface area contributed by atoms with E-state index in [1.807, 2.05) is 0 Å². The van der Waals surface area contributed by atoms with Gasteiger partial charge in [-0.3, -0.25) is 4.79 Å². The van der Waals surface area contributed by atoms with Crippen LogP contribution in [0.1, 0.15) is 19.8 Å². The Morgan fingerprint density at radius 2 is 1.94 bits per heavy atom. The fraction of sp³-hybridized carbons (Fsp3) is 0.875. The summed E-state index contributed by atoms with van der Waals surface area (Å²) in [7, 11) is -5.57. The SMILES string of the molecule is CC1CCCN(S(=O)(=O)C(F)(F)F)C1C(=O)O. The van der Waals surface area contributed by atoms with Crippen molar-refractivity contribution in [2.75, 3.05) is 6.54 Å². The first kappa shape index (κ1) is 14.2. The third-order valence-electron chi connectivity index (χ3n) is 2.74. The van der Waals surface area contributed by atoms with Gasteiger partial charge in [0.25, 0.3) is 0 Å². The highest BCUT2D eigenvalue weighted by Crippen LogP contribution is 2.33. The monoisotopic (exact) mass is 275 g/mol. The molecule has 1 fully saturated rings. The Kier molecular flexibility index (Phi) is 3.72. The Labute approximate surface area is 96.3 Å². The molecule has 0 spiro atoms. The van der Waals surface area contributed by atoms with E-state index in [4.69, 9.17) is 5.11 Å². The zero-order valence-corrected chi connectivity index (χ0v) is 9.75. The minimum atomic E-state index is -5.57. The van der Waals surface area contributed by atoms with Crippen molar-refractivity contribution in [3.8, 4) is 0 Å². The van der Waals surface area contributed by atoms with E-state index in [-0.39, 0.29) is 10.7 Å². The number of carboxylic acids is 1. The average Bonchev–Trinajstić information content (AvgIpc) is 2.14. The van der Waals surface area contributed by atoms with Gasteiger partial charge < -0.3 is 5.11 Å². The number of nitrogens with zero attached hydrogens (tertiary/aromatic N) is 1. The van der Waals surface area contributed by atoms with Crippen LogP contribution >= 0.6 is 0 Å². The smallest absolute Gasteiger partial charge is 0.480 e. The van der Waals surface area contributed by atoms with Crippen LogP contribution in [0.2, 0.25) is 0 Å². The number of rotatable bonds is 2. The molecule has 1 aliphatic heterocycles. The predicted molar refractivity (Wildman–Crippen MR) is 51.5 cm³/mol. The van der Waals surface area contributed by atoms with Gasteiger partial charge in [0.05, 0.1) is 0 Å². The van der Waals surface area contributed by atoms with Crippen molar-refractivity contribution >= 4 is 16.0 Å². The molecule has 0 saturated carbocycles. The number of aliphatic carboxylic acids is 1. The van der Waals surface area contributed by atoms with E-state index >= 15 is 0 Å². The van der Waals surface area contributed by atoms with E-state index in [0.29, 0.717) is 6.42 Å². The van der Waals surface area contributed by atoms with Crippen LogP contribution in [0, 0.1) is 5.92 Å². The Morgan fingerprint density at radius 3 is 2.35 bits per heavy atom. The summed E-state index contributed by atoms with van der Waals surface area (Å²) in [4.78, 5) is 10.9. The summed E-state index contributed by atoms with van der Waals surface area (Å²) in [6, 6.07) is -1.64. The highest BCUT2D eigenvalue weighted by atomic mass is 32.2. The third kappa shape index (κ3) is 2.54. The molecule has 0 amide bonds. The normalized spacial score (nSPS) is 28.0. The van der Waals surface area contributed by atoms with Crippen LogP contribution in [0.25, 0.3) is 0 Å². The second-order valence-electron chi connectivity index (χ2n) is 3.96. The van der Waals surface area contributed by atoms with Gasteiger partial charge in [-0.05, 0) is 18.8 Å². The van der Waals surface area contributed by atoms with E-state index in [1.54, 1.807) is 0 Å². The van der Waals surface area contributed by atoms with Gasteiger partial charge in [-0.15, -0.1) is 0 Å². The summed E-state index contributed by atoms with van der Waals surface area (Å²) >= 11 is 0. The Balaban J connectivity index is 3.15. The van der Waals surface area contributed by atoms with Gasteiger partial charge in [-0.2, -0.15) is 17.5 Å². The van der Waals surface area contributed by atoms with E-state index in [9.17, 15) is 26.4 Å². The molecule has 1 N–H and O–H groups in total. The van der Waals surface area contributed by atoms with Gasteiger partial charge in [0.15, 0.2) is 0 Å². The molecular weight excluding hydrogens is 263 g/mol. The molecule has 1 saturated heterocycles. The maximum atomic E-state index is 12.4. The standard InChI is InChI=1S/C8H12F3NO4S/c1-5-3-2-4-12(6(5)7(13)14)17(15,16)8(9,10)11/h5-6H,2-4H2,1H3,(H,13,14). The van der Waals surface area contributed by atoms with Gasteiger partial charge in [-0.25, -0.2) is 8.42 Å². The average molecular weight is 275 g/mol. The highest BCUT2D eigenvalue weighted by Gasteiger charge is 2.54. The van der Waals surface area contributed by atoms with Crippen molar-refractivity contribution in [1.29, 1.82) is 0 Å². The largest absolute Gasteiger partial charge is 0.511 e. The van der Waals surface area contributed by atoms with Gasteiger partial charge >= 0.3 is 21.5 Å². The zero-order valence-electron chi connectivity index (χ0n) is 8.94. The molecule has 2 unspecified atom stereocenters. The van der Waals surface area contributed by atoms with Gasteiger partial charge in [-0.1, -0.05) is 6.92 Å². The van der Waals surface area contributed by atoms with Crippen molar-refractivity contribution < 1.29 is 31.5 Å². The van der Waals surface area contributed by atoms with Crippen LogP contribution in [-0.2, 0) is 14.8 Å². The lowest BCUT2D eigenvalue weighted by molar-refractivity contribution is -0.144. The van der Waals surface area contributed by atoms with Crippen LogP contribution < -0.4 is 0 Å². The lowest BCUT2D eigenvalue weighted by atomic mass is 9.93. The number of carboxylic acid groups (broad SMARTS) is 1. The molecule has 5 nitrogen and oxygen atoms in total. The van der Waals surface area contributed by atoms with Crippen LogP contribution in [0.4, 0.5) is 13.2 Å². The van der Waals surface area contributed by atoms with E-state index in [0.717, 1.165) is 0 Å². The highest BCUT2D eigenvalue weighted by molar-refractivity contribution is 7.90. The molecule has 1 heterocycles. The molecule has 9 heteroatoms. The number of piperidine rings is 1. The summed E-state index contributed by atoms with van der Waals surface area (Å²) in [5.41, 5.74) is -5.46. The van der Waals surface area contributed by atoms with Crippen LogP contribution in [0.15, 0.2) is 0 Å². The van der Waals surface area contributed by atoms with E-state index in [2.05, 4.69) is 0 Å². The van der Waals surface area contributed by atoms with Crippen molar-refractivity contribution in [3.63, 3.8) is 0 Å². The molecule has 17 heavy (non-hydrogen) atoms. The minimum absolute atomic E-state index is 0.0451. The Morgan fingerprint density at radius 1 is 1.41 bits per heavy atom. The first-order valence-electron chi connectivity index (χ1n) is 4.90. The second-order valence-corrected chi connectivity index (χ2v) is 5.85. The predicted octanol–water partition coefficient (Wildman–Crippen LogP) is 1.02. The molecule has 0 bridgehead atoms. The Bertz CT molecular complexity index is 405. The van der Waals surface area contributed by atoms with Crippen molar-refractivity contribution in [1.82, 2.24) is 4.31 Å². The van der Waals surface area contributed by atoms with Crippen molar-refractivity contribution in [2.45, 2.75) is 31.3 Å².